The third kappa shape index (κ3) is 2.94. The van der Waals surface area contributed by atoms with Gasteiger partial charge in [0.15, 0.2) is 0 Å². The van der Waals surface area contributed by atoms with Gasteiger partial charge >= 0.3 is 0 Å². The molecule has 0 aliphatic heterocycles. The lowest BCUT2D eigenvalue weighted by molar-refractivity contribution is 0.204. The van der Waals surface area contributed by atoms with Crippen LogP contribution in [0, 0.1) is 0 Å². The van der Waals surface area contributed by atoms with Gasteiger partial charge < -0.3 is 9.84 Å². The first-order chi connectivity index (χ1) is 6.27. The molecule has 0 spiro atoms. The van der Waals surface area contributed by atoms with Gasteiger partial charge in [0.05, 0.1) is 12.7 Å². The molecule has 1 N–H and O–H groups in total. The number of aliphatic hydroxyl groups is 1. The molecule has 72 valence electrons. The molecule has 13 heavy (non-hydrogen) atoms. The summed E-state index contributed by atoms with van der Waals surface area (Å²) in [6.07, 6.45) is -0.487. The van der Waals surface area contributed by atoms with Gasteiger partial charge in [0.25, 0.3) is 0 Å². The molecule has 0 saturated carbocycles. The summed E-state index contributed by atoms with van der Waals surface area (Å²) in [5.41, 5.74) is 0.874. The minimum absolute atomic E-state index is 0.438. The van der Waals surface area contributed by atoms with Gasteiger partial charge in [-0.3, -0.25) is 0 Å². The maximum atomic E-state index is 9.43. The molecule has 1 unspecified atom stereocenters. The molecule has 0 fully saturated rings. The highest BCUT2D eigenvalue weighted by atomic mass is 32.1. The molecule has 2 nitrogen and oxygen atoms in total. The second kappa shape index (κ2) is 5.14. The van der Waals surface area contributed by atoms with Crippen molar-refractivity contribution in [3.63, 3.8) is 0 Å². The van der Waals surface area contributed by atoms with Gasteiger partial charge in [-0.15, -0.1) is 0 Å². The molecule has 0 radical (unpaired) electrons. The third-order valence-electron chi connectivity index (χ3n) is 1.75. The maximum Gasteiger partial charge on any atom is 0.119 e. The molecule has 1 rings (SSSR count). The molecule has 0 saturated heterocycles. The van der Waals surface area contributed by atoms with Crippen molar-refractivity contribution in [2.45, 2.75) is 13.0 Å². The quantitative estimate of drug-likeness (QED) is 0.725. The second-order valence-corrected chi connectivity index (χ2v) is 3.07. The Hall–Kier alpha value is -0.670. The zero-order valence-electron chi connectivity index (χ0n) is 7.60. The largest absolute Gasteiger partial charge is 0.494 e. The smallest absolute Gasteiger partial charge is 0.119 e. The number of hydrogen-bond acceptors (Lipinski definition) is 3. The van der Waals surface area contributed by atoms with E-state index in [1.165, 1.54) is 0 Å². The van der Waals surface area contributed by atoms with Gasteiger partial charge in [0, 0.05) is 5.75 Å². The van der Waals surface area contributed by atoms with Crippen molar-refractivity contribution in [3.05, 3.63) is 29.8 Å². The van der Waals surface area contributed by atoms with Crippen LogP contribution in [0.25, 0.3) is 0 Å². The van der Waals surface area contributed by atoms with Crippen LogP contribution in [0.4, 0.5) is 0 Å². The van der Waals surface area contributed by atoms with E-state index < -0.39 is 6.10 Å². The monoisotopic (exact) mass is 198 g/mol. The van der Waals surface area contributed by atoms with Gasteiger partial charge in [-0.25, -0.2) is 0 Å². The van der Waals surface area contributed by atoms with E-state index in [4.69, 9.17) is 4.74 Å². The molecular weight excluding hydrogens is 184 g/mol. The maximum absolute atomic E-state index is 9.43. The molecule has 0 aliphatic rings. The fraction of sp³-hybridized carbons (Fsp3) is 0.400. The number of rotatable bonds is 4. The van der Waals surface area contributed by atoms with E-state index in [-0.39, 0.29) is 0 Å². The lowest BCUT2D eigenvalue weighted by atomic mass is 10.1. The van der Waals surface area contributed by atoms with Crippen molar-refractivity contribution in [1.82, 2.24) is 0 Å². The standard InChI is InChI=1S/C10H14O2S/c1-2-12-9-5-3-8(4-6-9)10(11)7-13/h3-6,10-11,13H,2,7H2,1H3. The van der Waals surface area contributed by atoms with Crippen LogP contribution in [0.15, 0.2) is 24.3 Å². The second-order valence-electron chi connectivity index (χ2n) is 2.70. The average molecular weight is 198 g/mol. The van der Waals surface area contributed by atoms with E-state index in [1.807, 2.05) is 31.2 Å². The molecule has 1 aromatic carbocycles. The van der Waals surface area contributed by atoms with E-state index in [0.29, 0.717) is 12.4 Å². The molecule has 1 aromatic rings. The fourth-order valence-electron chi connectivity index (χ4n) is 1.06. The van der Waals surface area contributed by atoms with Crippen molar-refractivity contribution < 1.29 is 9.84 Å². The SMILES string of the molecule is CCOc1ccc(C(O)CS)cc1. The van der Waals surface area contributed by atoms with E-state index >= 15 is 0 Å². The predicted octanol–water partition coefficient (Wildman–Crippen LogP) is 2.05. The zero-order valence-corrected chi connectivity index (χ0v) is 8.50. The zero-order chi connectivity index (χ0) is 9.68. The van der Waals surface area contributed by atoms with Crippen LogP contribution in [0.2, 0.25) is 0 Å². The predicted molar refractivity (Wildman–Crippen MR) is 56.4 cm³/mol. The molecule has 0 aromatic heterocycles. The lowest BCUT2D eigenvalue weighted by Gasteiger charge is -2.08. The molecular formula is C10H14O2S. The minimum Gasteiger partial charge on any atom is -0.494 e. The molecule has 0 heterocycles. The van der Waals surface area contributed by atoms with Crippen molar-refractivity contribution in [3.8, 4) is 5.75 Å². The van der Waals surface area contributed by atoms with Crippen molar-refractivity contribution in [1.29, 1.82) is 0 Å². The Kier molecular flexibility index (Phi) is 4.12. The Labute approximate surface area is 84.0 Å². The van der Waals surface area contributed by atoms with Gasteiger partial charge in [-0.2, -0.15) is 12.6 Å². The van der Waals surface area contributed by atoms with Gasteiger partial charge in [0.2, 0.25) is 0 Å². The number of thiol groups is 1. The van der Waals surface area contributed by atoms with E-state index in [1.54, 1.807) is 0 Å². The minimum atomic E-state index is -0.487. The van der Waals surface area contributed by atoms with Crippen molar-refractivity contribution >= 4 is 12.6 Å². The van der Waals surface area contributed by atoms with Crippen LogP contribution < -0.4 is 4.74 Å². The van der Waals surface area contributed by atoms with E-state index in [0.717, 1.165) is 11.3 Å². The summed E-state index contributed by atoms with van der Waals surface area (Å²) in [7, 11) is 0. The van der Waals surface area contributed by atoms with Crippen LogP contribution in [-0.2, 0) is 0 Å². The Morgan fingerprint density at radius 1 is 1.38 bits per heavy atom. The average Bonchev–Trinajstić information content (AvgIpc) is 2.18. The first kappa shape index (κ1) is 10.4. The number of aliphatic hydroxyl groups excluding tert-OH is 1. The highest BCUT2D eigenvalue weighted by Gasteiger charge is 2.04. The third-order valence-corrected chi connectivity index (χ3v) is 2.09. The first-order valence-electron chi connectivity index (χ1n) is 4.29. The summed E-state index contributed by atoms with van der Waals surface area (Å²) in [5.74, 6) is 1.27. The molecule has 0 amide bonds. The molecule has 3 heteroatoms. The first-order valence-corrected chi connectivity index (χ1v) is 4.93. The summed E-state index contributed by atoms with van der Waals surface area (Å²) in [5, 5.41) is 9.43. The Morgan fingerprint density at radius 3 is 2.46 bits per heavy atom. The number of benzene rings is 1. The highest BCUT2D eigenvalue weighted by Crippen LogP contribution is 2.18. The van der Waals surface area contributed by atoms with Crippen molar-refractivity contribution in [2.24, 2.45) is 0 Å². The summed E-state index contributed by atoms with van der Waals surface area (Å²) < 4.78 is 5.27. The lowest BCUT2D eigenvalue weighted by Crippen LogP contribution is -1.98. The molecule has 0 aliphatic carbocycles. The highest BCUT2D eigenvalue weighted by molar-refractivity contribution is 7.80. The summed E-state index contributed by atoms with van der Waals surface area (Å²) in [6.45, 7) is 2.60. The van der Waals surface area contributed by atoms with Crippen LogP contribution in [0.5, 0.6) is 5.75 Å². The Balaban J connectivity index is 2.69. The van der Waals surface area contributed by atoms with Crippen molar-refractivity contribution in [2.75, 3.05) is 12.4 Å². The van der Waals surface area contributed by atoms with Gasteiger partial charge in [-0.1, -0.05) is 12.1 Å². The topological polar surface area (TPSA) is 29.5 Å². The van der Waals surface area contributed by atoms with Gasteiger partial charge in [-0.05, 0) is 24.6 Å². The van der Waals surface area contributed by atoms with E-state index in [9.17, 15) is 5.11 Å². The van der Waals surface area contributed by atoms with Gasteiger partial charge in [0.1, 0.15) is 5.75 Å². The molecule has 0 bridgehead atoms. The van der Waals surface area contributed by atoms with Crippen LogP contribution >= 0.6 is 12.6 Å². The summed E-state index contributed by atoms with van der Waals surface area (Å²) in [6, 6.07) is 7.41. The summed E-state index contributed by atoms with van der Waals surface area (Å²) >= 11 is 4.01. The van der Waals surface area contributed by atoms with E-state index in [2.05, 4.69) is 12.6 Å². The molecule has 1 atom stereocenters. The number of ether oxygens (including phenoxy) is 1. The Bertz CT molecular complexity index is 246. The summed E-state index contributed by atoms with van der Waals surface area (Å²) in [4.78, 5) is 0. The fourth-order valence-corrected chi connectivity index (χ4v) is 1.27. The van der Waals surface area contributed by atoms with Crippen LogP contribution in [-0.4, -0.2) is 17.5 Å². The Morgan fingerprint density at radius 2 is 2.00 bits per heavy atom. The normalized spacial score (nSPS) is 12.5. The van der Waals surface area contributed by atoms with Crippen LogP contribution in [0.1, 0.15) is 18.6 Å². The van der Waals surface area contributed by atoms with Crippen LogP contribution in [0.3, 0.4) is 0 Å². The number of hydrogen-bond donors (Lipinski definition) is 2.